The standard InChI is InChI=1S/C12H19N3O2S/c1-10(12-6-2-3-7-14-12)18(16,17)15-9-11-5-4-8-13-11/h2-3,6-7,10-11,13,15H,4-5,8-9H2,1H3. The molecular weight excluding hydrogens is 250 g/mol. The van der Waals surface area contributed by atoms with Gasteiger partial charge in [-0.05, 0) is 38.4 Å². The number of nitrogens with one attached hydrogen (secondary N) is 2. The van der Waals surface area contributed by atoms with E-state index in [1.54, 1.807) is 31.3 Å². The summed E-state index contributed by atoms with van der Waals surface area (Å²) in [5.41, 5.74) is 0.574. The number of aromatic nitrogens is 1. The lowest BCUT2D eigenvalue weighted by Crippen LogP contribution is -2.38. The molecule has 2 heterocycles. The fourth-order valence-electron chi connectivity index (χ4n) is 2.05. The summed E-state index contributed by atoms with van der Waals surface area (Å²) in [5.74, 6) is 0. The third kappa shape index (κ3) is 3.28. The van der Waals surface area contributed by atoms with Crippen LogP contribution in [0.5, 0.6) is 0 Å². The summed E-state index contributed by atoms with van der Waals surface area (Å²) in [6.07, 6.45) is 3.75. The number of pyridine rings is 1. The van der Waals surface area contributed by atoms with E-state index >= 15 is 0 Å². The number of hydrogen-bond donors (Lipinski definition) is 2. The smallest absolute Gasteiger partial charge is 0.220 e. The Morgan fingerprint density at radius 1 is 1.56 bits per heavy atom. The summed E-state index contributed by atoms with van der Waals surface area (Å²) >= 11 is 0. The molecule has 1 aromatic rings. The Morgan fingerprint density at radius 2 is 2.39 bits per heavy atom. The van der Waals surface area contributed by atoms with Gasteiger partial charge in [-0.25, -0.2) is 13.1 Å². The molecule has 2 unspecified atom stereocenters. The van der Waals surface area contributed by atoms with Gasteiger partial charge in [0.05, 0.1) is 5.69 Å². The van der Waals surface area contributed by atoms with Crippen molar-refractivity contribution in [2.75, 3.05) is 13.1 Å². The van der Waals surface area contributed by atoms with Gasteiger partial charge in [0.2, 0.25) is 10.0 Å². The highest BCUT2D eigenvalue weighted by atomic mass is 32.2. The summed E-state index contributed by atoms with van der Waals surface area (Å²) in [6.45, 7) is 3.09. The summed E-state index contributed by atoms with van der Waals surface area (Å²) in [5, 5.41) is 2.64. The van der Waals surface area contributed by atoms with Gasteiger partial charge in [0.25, 0.3) is 0 Å². The van der Waals surface area contributed by atoms with Crippen molar-refractivity contribution < 1.29 is 8.42 Å². The van der Waals surface area contributed by atoms with Crippen LogP contribution in [-0.2, 0) is 10.0 Å². The zero-order chi connectivity index (χ0) is 13.0. The molecule has 1 saturated heterocycles. The van der Waals surface area contributed by atoms with Crippen molar-refractivity contribution in [3.63, 3.8) is 0 Å². The van der Waals surface area contributed by atoms with Gasteiger partial charge in [0.15, 0.2) is 0 Å². The Bertz CT molecular complexity index is 469. The quantitative estimate of drug-likeness (QED) is 0.830. The average Bonchev–Trinajstić information content (AvgIpc) is 2.90. The minimum Gasteiger partial charge on any atom is -0.313 e. The average molecular weight is 269 g/mol. The van der Waals surface area contributed by atoms with Crippen LogP contribution in [-0.4, -0.2) is 32.5 Å². The Kier molecular flexibility index (Phi) is 4.31. The van der Waals surface area contributed by atoms with Crippen LogP contribution >= 0.6 is 0 Å². The number of rotatable bonds is 5. The highest BCUT2D eigenvalue weighted by Crippen LogP contribution is 2.18. The lowest BCUT2D eigenvalue weighted by Gasteiger charge is -2.16. The number of nitrogens with zero attached hydrogens (tertiary/aromatic N) is 1. The maximum absolute atomic E-state index is 12.1. The third-order valence-corrected chi connectivity index (χ3v) is 5.00. The predicted molar refractivity (Wildman–Crippen MR) is 70.6 cm³/mol. The van der Waals surface area contributed by atoms with Crippen LogP contribution in [0.3, 0.4) is 0 Å². The Balaban J connectivity index is 1.97. The molecule has 1 aliphatic rings. The lowest BCUT2D eigenvalue weighted by molar-refractivity contribution is 0.543. The maximum atomic E-state index is 12.1. The largest absolute Gasteiger partial charge is 0.313 e. The Morgan fingerprint density at radius 3 is 3.00 bits per heavy atom. The van der Waals surface area contributed by atoms with Gasteiger partial charge in [-0.2, -0.15) is 0 Å². The molecule has 18 heavy (non-hydrogen) atoms. The molecule has 2 rings (SSSR count). The Hall–Kier alpha value is -0.980. The first kappa shape index (κ1) is 13.5. The van der Waals surface area contributed by atoms with Crippen LogP contribution in [0.25, 0.3) is 0 Å². The third-order valence-electron chi connectivity index (χ3n) is 3.26. The van der Waals surface area contributed by atoms with E-state index in [9.17, 15) is 8.42 Å². The van der Waals surface area contributed by atoms with E-state index in [2.05, 4.69) is 15.0 Å². The summed E-state index contributed by atoms with van der Waals surface area (Å²) in [4.78, 5) is 4.09. The molecule has 2 N–H and O–H groups in total. The summed E-state index contributed by atoms with van der Waals surface area (Å²) < 4.78 is 26.9. The van der Waals surface area contributed by atoms with E-state index in [0.717, 1.165) is 19.4 Å². The van der Waals surface area contributed by atoms with Gasteiger partial charge in [-0.15, -0.1) is 0 Å². The van der Waals surface area contributed by atoms with Crippen LogP contribution in [0.15, 0.2) is 24.4 Å². The predicted octanol–water partition coefficient (Wildman–Crippen LogP) is 0.814. The molecule has 1 aliphatic heterocycles. The Labute approximate surface area is 108 Å². The fourth-order valence-corrected chi connectivity index (χ4v) is 3.19. The van der Waals surface area contributed by atoms with Crippen molar-refractivity contribution in [1.29, 1.82) is 0 Å². The first-order chi connectivity index (χ1) is 8.59. The first-order valence-corrected chi connectivity index (χ1v) is 7.77. The minimum atomic E-state index is -3.35. The normalized spacial score (nSPS) is 21.9. The molecule has 1 fully saturated rings. The molecule has 0 radical (unpaired) electrons. The minimum absolute atomic E-state index is 0.260. The van der Waals surface area contributed by atoms with E-state index in [1.807, 2.05) is 0 Å². The SMILES string of the molecule is CC(c1ccccn1)S(=O)(=O)NCC1CCCN1. The molecule has 5 nitrogen and oxygen atoms in total. The highest BCUT2D eigenvalue weighted by molar-refractivity contribution is 7.89. The van der Waals surface area contributed by atoms with Gasteiger partial charge in [0, 0.05) is 18.8 Å². The van der Waals surface area contributed by atoms with Crippen LogP contribution in [0.4, 0.5) is 0 Å². The second-order valence-corrected chi connectivity index (χ2v) is 6.67. The van der Waals surface area contributed by atoms with Crippen molar-refractivity contribution in [3.05, 3.63) is 30.1 Å². The lowest BCUT2D eigenvalue weighted by atomic mass is 10.2. The second-order valence-electron chi connectivity index (χ2n) is 4.58. The summed E-state index contributed by atoms with van der Waals surface area (Å²) in [7, 11) is -3.35. The van der Waals surface area contributed by atoms with Gasteiger partial charge in [-0.3, -0.25) is 4.98 Å². The molecule has 0 bridgehead atoms. The van der Waals surface area contributed by atoms with Gasteiger partial charge >= 0.3 is 0 Å². The van der Waals surface area contributed by atoms with E-state index < -0.39 is 15.3 Å². The molecule has 0 amide bonds. The van der Waals surface area contributed by atoms with Crippen molar-refractivity contribution in [2.45, 2.75) is 31.1 Å². The molecule has 6 heteroatoms. The summed E-state index contributed by atoms with van der Waals surface area (Å²) in [6, 6.07) is 5.57. The number of hydrogen-bond acceptors (Lipinski definition) is 4. The monoisotopic (exact) mass is 269 g/mol. The van der Waals surface area contributed by atoms with Gasteiger partial charge in [0.1, 0.15) is 5.25 Å². The highest BCUT2D eigenvalue weighted by Gasteiger charge is 2.25. The van der Waals surface area contributed by atoms with E-state index in [0.29, 0.717) is 12.2 Å². The van der Waals surface area contributed by atoms with Crippen LogP contribution in [0, 0.1) is 0 Å². The molecule has 0 aliphatic carbocycles. The van der Waals surface area contributed by atoms with E-state index in [1.165, 1.54) is 0 Å². The topological polar surface area (TPSA) is 71.1 Å². The molecular formula is C12H19N3O2S. The zero-order valence-corrected chi connectivity index (χ0v) is 11.3. The van der Waals surface area contributed by atoms with Crippen LogP contribution < -0.4 is 10.0 Å². The maximum Gasteiger partial charge on any atom is 0.220 e. The molecule has 100 valence electrons. The second kappa shape index (κ2) is 5.77. The first-order valence-electron chi connectivity index (χ1n) is 6.22. The van der Waals surface area contributed by atoms with Crippen LogP contribution in [0.1, 0.15) is 30.7 Å². The molecule has 2 atom stereocenters. The molecule has 1 aromatic heterocycles. The molecule has 0 spiro atoms. The molecule has 0 saturated carbocycles. The van der Waals surface area contributed by atoms with Crippen molar-refractivity contribution in [3.8, 4) is 0 Å². The van der Waals surface area contributed by atoms with Crippen molar-refractivity contribution in [1.82, 2.24) is 15.0 Å². The van der Waals surface area contributed by atoms with E-state index in [4.69, 9.17) is 0 Å². The molecule has 0 aromatic carbocycles. The fraction of sp³-hybridized carbons (Fsp3) is 0.583. The van der Waals surface area contributed by atoms with Crippen molar-refractivity contribution >= 4 is 10.0 Å². The zero-order valence-electron chi connectivity index (χ0n) is 10.5. The van der Waals surface area contributed by atoms with Gasteiger partial charge < -0.3 is 5.32 Å². The van der Waals surface area contributed by atoms with Crippen molar-refractivity contribution in [2.24, 2.45) is 0 Å². The number of sulfonamides is 1. The van der Waals surface area contributed by atoms with Gasteiger partial charge in [-0.1, -0.05) is 6.07 Å². The van der Waals surface area contributed by atoms with E-state index in [-0.39, 0.29) is 6.04 Å². The van der Waals surface area contributed by atoms with Crippen LogP contribution in [0.2, 0.25) is 0 Å².